The van der Waals surface area contributed by atoms with Crippen LogP contribution in [0.2, 0.25) is 0 Å². The molecule has 0 bridgehead atoms. The van der Waals surface area contributed by atoms with Gasteiger partial charge in [-0.3, -0.25) is 0 Å². The molecular weight excluding hydrogens is 226 g/mol. The summed E-state index contributed by atoms with van der Waals surface area (Å²) in [5.41, 5.74) is 1.31. The quantitative estimate of drug-likeness (QED) is 0.774. The smallest absolute Gasteiger partial charge is 0.0585 e. The normalized spacial score (nSPS) is 15.1. The Bertz CT molecular complexity index is 251. The summed E-state index contributed by atoms with van der Waals surface area (Å²) >= 11 is 3.53. The van der Waals surface area contributed by atoms with Gasteiger partial charge in [0.05, 0.1) is 6.61 Å². The van der Waals surface area contributed by atoms with Gasteiger partial charge in [0.25, 0.3) is 0 Å². The number of aliphatic hydroxyl groups is 1. The van der Waals surface area contributed by atoms with Crippen LogP contribution in [0.3, 0.4) is 0 Å². The Morgan fingerprint density at radius 2 is 2.40 bits per heavy atom. The molecule has 2 nitrogen and oxygen atoms in total. The van der Waals surface area contributed by atoms with Crippen LogP contribution in [0.4, 0.5) is 0 Å². The van der Waals surface area contributed by atoms with Crippen molar-refractivity contribution in [3.05, 3.63) is 22.4 Å². The minimum atomic E-state index is 0.215. The van der Waals surface area contributed by atoms with E-state index in [1.54, 1.807) is 11.3 Å². The van der Waals surface area contributed by atoms with Crippen LogP contribution in [0, 0.1) is 0 Å². The lowest BCUT2D eigenvalue weighted by atomic mass is 10.1. The van der Waals surface area contributed by atoms with Crippen LogP contribution in [0.15, 0.2) is 16.8 Å². The van der Waals surface area contributed by atoms with E-state index < -0.39 is 0 Å². The molecule has 0 spiro atoms. The van der Waals surface area contributed by atoms with Gasteiger partial charge in [-0.05, 0) is 47.7 Å². The molecule has 1 heterocycles. The maximum Gasteiger partial charge on any atom is 0.0585 e. The highest BCUT2D eigenvalue weighted by Gasteiger charge is 2.12. The Hall–Kier alpha value is -0.0300. The van der Waals surface area contributed by atoms with Crippen molar-refractivity contribution in [2.75, 3.05) is 18.6 Å². The van der Waals surface area contributed by atoms with Gasteiger partial charge in [0.15, 0.2) is 0 Å². The molecule has 1 aromatic rings. The molecule has 0 aliphatic carbocycles. The van der Waals surface area contributed by atoms with Crippen molar-refractivity contribution in [2.45, 2.75) is 25.4 Å². The van der Waals surface area contributed by atoms with Crippen molar-refractivity contribution in [3.63, 3.8) is 0 Å². The maximum absolute atomic E-state index is 9.23. The monoisotopic (exact) mass is 245 g/mol. The summed E-state index contributed by atoms with van der Waals surface area (Å²) in [5.74, 6) is 1.09. The number of nitrogens with one attached hydrogen (secondary N) is 1. The number of hydrogen-bond acceptors (Lipinski definition) is 4. The molecule has 2 atom stereocenters. The third kappa shape index (κ3) is 4.55. The zero-order valence-electron chi connectivity index (χ0n) is 9.27. The fourth-order valence-corrected chi connectivity index (χ4v) is 2.73. The van der Waals surface area contributed by atoms with Gasteiger partial charge in [0, 0.05) is 12.1 Å². The SMILES string of the molecule is CSCCC(CO)NC(C)c1ccsc1. The van der Waals surface area contributed by atoms with E-state index in [0.717, 1.165) is 12.2 Å². The van der Waals surface area contributed by atoms with Gasteiger partial charge >= 0.3 is 0 Å². The lowest BCUT2D eigenvalue weighted by molar-refractivity contribution is 0.231. The molecule has 2 N–H and O–H groups in total. The number of thioether (sulfide) groups is 1. The Kier molecular flexibility index (Phi) is 6.32. The predicted octanol–water partition coefficient (Wildman–Crippen LogP) is 2.51. The molecule has 4 heteroatoms. The average molecular weight is 245 g/mol. The summed E-state index contributed by atoms with van der Waals surface area (Å²) in [6.45, 7) is 2.36. The first-order valence-electron chi connectivity index (χ1n) is 5.16. The van der Waals surface area contributed by atoms with Crippen molar-refractivity contribution < 1.29 is 5.11 Å². The maximum atomic E-state index is 9.23. The highest BCUT2D eigenvalue weighted by molar-refractivity contribution is 7.98. The van der Waals surface area contributed by atoms with Gasteiger partial charge < -0.3 is 10.4 Å². The Balaban J connectivity index is 2.37. The first-order valence-corrected chi connectivity index (χ1v) is 7.49. The predicted molar refractivity (Wildman–Crippen MR) is 69.7 cm³/mol. The molecule has 86 valence electrons. The fraction of sp³-hybridized carbons (Fsp3) is 0.636. The van der Waals surface area contributed by atoms with E-state index in [1.807, 2.05) is 11.8 Å². The zero-order valence-corrected chi connectivity index (χ0v) is 10.9. The molecule has 2 unspecified atom stereocenters. The molecule has 0 saturated heterocycles. The second kappa shape index (κ2) is 7.28. The average Bonchev–Trinajstić information content (AvgIpc) is 2.77. The van der Waals surface area contributed by atoms with Crippen LogP contribution < -0.4 is 5.32 Å². The molecule has 1 aromatic heterocycles. The van der Waals surface area contributed by atoms with E-state index in [2.05, 4.69) is 35.3 Å². The van der Waals surface area contributed by atoms with Crippen LogP contribution in [0.25, 0.3) is 0 Å². The molecule has 0 radical (unpaired) electrons. The first kappa shape index (κ1) is 13.0. The van der Waals surface area contributed by atoms with E-state index in [4.69, 9.17) is 0 Å². The molecular formula is C11H19NOS2. The summed E-state index contributed by atoms with van der Waals surface area (Å²) in [5, 5.41) is 16.9. The van der Waals surface area contributed by atoms with Crippen LogP contribution in [-0.4, -0.2) is 29.8 Å². The Morgan fingerprint density at radius 1 is 1.60 bits per heavy atom. The third-order valence-electron chi connectivity index (χ3n) is 2.42. The molecule has 0 amide bonds. The van der Waals surface area contributed by atoms with Crippen LogP contribution in [0.1, 0.15) is 24.9 Å². The molecule has 0 aliphatic heterocycles. The van der Waals surface area contributed by atoms with Crippen LogP contribution in [0.5, 0.6) is 0 Å². The largest absolute Gasteiger partial charge is 0.395 e. The Morgan fingerprint density at radius 3 is 2.93 bits per heavy atom. The fourth-order valence-electron chi connectivity index (χ4n) is 1.46. The summed E-state index contributed by atoms with van der Waals surface area (Å²) in [7, 11) is 0. The summed E-state index contributed by atoms with van der Waals surface area (Å²) < 4.78 is 0. The van der Waals surface area contributed by atoms with Crippen LogP contribution in [-0.2, 0) is 0 Å². The van der Waals surface area contributed by atoms with Crippen molar-refractivity contribution in [1.82, 2.24) is 5.32 Å². The highest BCUT2D eigenvalue weighted by atomic mass is 32.2. The lowest BCUT2D eigenvalue weighted by Crippen LogP contribution is -2.34. The number of hydrogen-bond donors (Lipinski definition) is 2. The van der Waals surface area contributed by atoms with Crippen molar-refractivity contribution >= 4 is 23.1 Å². The van der Waals surface area contributed by atoms with Gasteiger partial charge in [0.2, 0.25) is 0 Å². The summed E-state index contributed by atoms with van der Waals surface area (Å²) in [6, 6.07) is 2.67. The van der Waals surface area contributed by atoms with Crippen molar-refractivity contribution in [3.8, 4) is 0 Å². The molecule has 0 aliphatic rings. The molecule has 1 rings (SSSR count). The van der Waals surface area contributed by atoms with Crippen LogP contribution >= 0.6 is 23.1 Å². The zero-order chi connectivity index (χ0) is 11.1. The van der Waals surface area contributed by atoms with E-state index in [9.17, 15) is 5.11 Å². The van der Waals surface area contributed by atoms with Gasteiger partial charge in [0.1, 0.15) is 0 Å². The van der Waals surface area contributed by atoms with E-state index in [0.29, 0.717) is 6.04 Å². The topological polar surface area (TPSA) is 32.3 Å². The third-order valence-corrected chi connectivity index (χ3v) is 3.77. The van der Waals surface area contributed by atoms with E-state index >= 15 is 0 Å². The molecule has 0 fully saturated rings. The van der Waals surface area contributed by atoms with Gasteiger partial charge in [-0.2, -0.15) is 23.1 Å². The first-order chi connectivity index (χ1) is 7.27. The molecule has 0 saturated carbocycles. The second-order valence-corrected chi connectivity index (χ2v) is 5.37. The van der Waals surface area contributed by atoms with Crippen molar-refractivity contribution in [1.29, 1.82) is 0 Å². The van der Waals surface area contributed by atoms with Gasteiger partial charge in [-0.1, -0.05) is 0 Å². The number of rotatable bonds is 7. The molecule has 15 heavy (non-hydrogen) atoms. The van der Waals surface area contributed by atoms with Crippen molar-refractivity contribution in [2.24, 2.45) is 0 Å². The number of aliphatic hydroxyl groups excluding tert-OH is 1. The second-order valence-electron chi connectivity index (χ2n) is 3.61. The minimum absolute atomic E-state index is 0.215. The standard InChI is InChI=1S/C11H19NOS2/c1-9(10-3-6-15-8-10)12-11(7-13)4-5-14-2/h3,6,8-9,11-13H,4-5,7H2,1-2H3. The van der Waals surface area contributed by atoms with E-state index in [1.165, 1.54) is 5.56 Å². The molecule has 0 aromatic carbocycles. The highest BCUT2D eigenvalue weighted by Crippen LogP contribution is 2.16. The minimum Gasteiger partial charge on any atom is -0.395 e. The van der Waals surface area contributed by atoms with Gasteiger partial charge in [-0.25, -0.2) is 0 Å². The summed E-state index contributed by atoms with van der Waals surface area (Å²) in [4.78, 5) is 0. The lowest BCUT2D eigenvalue weighted by Gasteiger charge is -2.20. The van der Waals surface area contributed by atoms with E-state index in [-0.39, 0.29) is 12.6 Å². The Labute approximate surface area is 100 Å². The van der Waals surface area contributed by atoms with Gasteiger partial charge in [-0.15, -0.1) is 0 Å². The number of thiophene rings is 1. The summed E-state index contributed by atoms with van der Waals surface area (Å²) in [6.07, 6.45) is 3.11.